The lowest BCUT2D eigenvalue weighted by Crippen LogP contribution is -2.43. The van der Waals surface area contributed by atoms with E-state index >= 15 is 0 Å². The fraction of sp³-hybridized carbons (Fsp3) is 0.438. The summed E-state index contributed by atoms with van der Waals surface area (Å²) < 4.78 is 26.2. The second-order valence-electron chi connectivity index (χ2n) is 5.84. The molecule has 0 atom stereocenters. The highest BCUT2D eigenvalue weighted by molar-refractivity contribution is 7.90. The van der Waals surface area contributed by atoms with Crippen molar-refractivity contribution in [1.82, 2.24) is 10.0 Å². The van der Waals surface area contributed by atoms with Crippen LogP contribution in [-0.4, -0.2) is 44.3 Å². The topological polar surface area (TPSA) is 125 Å². The predicted molar refractivity (Wildman–Crippen MR) is 91.8 cm³/mol. The Balaban J connectivity index is 2.06. The molecule has 0 spiro atoms. The minimum Gasteiger partial charge on any atom is -0.481 e. The molecular formula is C16H21N3O5S. The van der Waals surface area contributed by atoms with Crippen LogP contribution in [-0.2, 0) is 19.6 Å². The van der Waals surface area contributed by atoms with Crippen LogP contribution < -0.4 is 10.0 Å². The van der Waals surface area contributed by atoms with Gasteiger partial charge in [0.15, 0.2) is 0 Å². The van der Waals surface area contributed by atoms with E-state index in [0.717, 1.165) is 0 Å². The Morgan fingerprint density at radius 2 is 1.88 bits per heavy atom. The summed E-state index contributed by atoms with van der Waals surface area (Å²) >= 11 is 0. The quantitative estimate of drug-likeness (QED) is 0.655. The van der Waals surface area contributed by atoms with Gasteiger partial charge in [-0.3, -0.25) is 19.3 Å². The molecule has 1 heterocycles. The van der Waals surface area contributed by atoms with E-state index < -0.39 is 27.3 Å². The monoisotopic (exact) mass is 367 g/mol. The first-order valence-electron chi connectivity index (χ1n) is 7.92. The SMILES string of the molecule is CCC(CC)(CNC(=O)CN=C1NS(=O)(=O)c2ccccc21)C(=O)O. The van der Waals surface area contributed by atoms with E-state index in [4.69, 9.17) is 0 Å². The van der Waals surface area contributed by atoms with Gasteiger partial charge in [0, 0.05) is 12.1 Å². The maximum absolute atomic E-state index is 12.0. The normalized spacial score (nSPS) is 17.0. The summed E-state index contributed by atoms with van der Waals surface area (Å²) in [7, 11) is -3.65. The van der Waals surface area contributed by atoms with Crippen molar-refractivity contribution in [3.63, 3.8) is 0 Å². The van der Waals surface area contributed by atoms with Gasteiger partial charge in [-0.1, -0.05) is 26.0 Å². The Hall–Kier alpha value is -2.42. The van der Waals surface area contributed by atoms with Gasteiger partial charge in [0.1, 0.15) is 12.4 Å². The van der Waals surface area contributed by atoms with Crippen LogP contribution in [0.1, 0.15) is 32.3 Å². The van der Waals surface area contributed by atoms with E-state index in [1.807, 2.05) is 0 Å². The van der Waals surface area contributed by atoms with Crippen molar-refractivity contribution < 1.29 is 23.1 Å². The van der Waals surface area contributed by atoms with Crippen molar-refractivity contribution in [2.24, 2.45) is 10.4 Å². The number of carboxylic acids is 1. The highest BCUT2D eigenvalue weighted by Gasteiger charge is 2.35. The number of benzene rings is 1. The molecule has 1 amide bonds. The van der Waals surface area contributed by atoms with Gasteiger partial charge in [-0.05, 0) is 25.0 Å². The number of carbonyl (C=O) groups is 2. The summed E-state index contributed by atoms with van der Waals surface area (Å²) in [5.41, 5.74) is -0.595. The van der Waals surface area contributed by atoms with Crippen LogP contribution in [0, 0.1) is 5.41 Å². The fourth-order valence-electron chi connectivity index (χ4n) is 2.60. The fourth-order valence-corrected chi connectivity index (χ4v) is 3.85. The lowest BCUT2D eigenvalue weighted by atomic mass is 9.82. The smallest absolute Gasteiger partial charge is 0.311 e. The van der Waals surface area contributed by atoms with Gasteiger partial charge >= 0.3 is 5.97 Å². The molecule has 0 saturated heterocycles. The first kappa shape index (κ1) is 18.9. The predicted octanol–water partition coefficient (Wildman–Crippen LogP) is 0.732. The molecule has 1 aromatic rings. The van der Waals surface area contributed by atoms with Gasteiger partial charge < -0.3 is 10.4 Å². The van der Waals surface area contributed by atoms with Crippen molar-refractivity contribution in [2.45, 2.75) is 31.6 Å². The second-order valence-corrected chi connectivity index (χ2v) is 7.49. The molecule has 9 heteroatoms. The van der Waals surface area contributed by atoms with E-state index in [9.17, 15) is 23.1 Å². The van der Waals surface area contributed by atoms with Gasteiger partial charge in [0.25, 0.3) is 10.0 Å². The van der Waals surface area contributed by atoms with Gasteiger partial charge in [0.05, 0.1) is 10.3 Å². The van der Waals surface area contributed by atoms with Crippen LogP contribution in [0.25, 0.3) is 0 Å². The number of rotatable bonds is 7. The van der Waals surface area contributed by atoms with Crippen molar-refractivity contribution >= 4 is 27.7 Å². The number of hydrogen-bond donors (Lipinski definition) is 3. The van der Waals surface area contributed by atoms with E-state index in [1.54, 1.807) is 32.0 Å². The third-order valence-electron chi connectivity index (χ3n) is 4.47. The second kappa shape index (κ2) is 7.22. The van der Waals surface area contributed by atoms with Crippen molar-refractivity contribution in [3.8, 4) is 0 Å². The lowest BCUT2D eigenvalue weighted by Gasteiger charge is -2.26. The molecule has 0 bridgehead atoms. The zero-order chi connectivity index (χ0) is 18.7. The number of nitrogens with zero attached hydrogens (tertiary/aromatic N) is 1. The van der Waals surface area contributed by atoms with E-state index in [1.165, 1.54) is 6.07 Å². The van der Waals surface area contributed by atoms with Gasteiger partial charge in [-0.15, -0.1) is 0 Å². The molecule has 3 N–H and O–H groups in total. The summed E-state index contributed by atoms with van der Waals surface area (Å²) in [5.74, 6) is -1.31. The summed E-state index contributed by atoms with van der Waals surface area (Å²) in [4.78, 5) is 27.5. The first-order valence-corrected chi connectivity index (χ1v) is 9.41. The standard InChI is InChI=1S/C16H21N3O5S/c1-3-16(4-2,15(21)22)10-18-13(20)9-17-14-11-7-5-6-8-12(11)25(23,24)19-14/h5-8H,3-4,9-10H2,1-2H3,(H,17,19)(H,18,20)(H,21,22). The largest absolute Gasteiger partial charge is 0.481 e. The average Bonchev–Trinajstić information content (AvgIpc) is 2.85. The maximum Gasteiger partial charge on any atom is 0.311 e. The van der Waals surface area contributed by atoms with Crippen molar-refractivity contribution in [3.05, 3.63) is 29.8 Å². The Labute approximate surface area is 146 Å². The molecule has 0 aliphatic carbocycles. The average molecular weight is 367 g/mol. The molecule has 0 unspecified atom stereocenters. The Morgan fingerprint density at radius 3 is 2.48 bits per heavy atom. The molecule has 1 aromatic carbocycles. The summed E-state index contributed by atoms with van der Waals surface area (Å²) in [6, 6.07) is 6.35. The zero-order valence-corrected chi connectivity index (χ0v) is 14.9. The van der Waals surface area contributed by atoms with Crippen LogP contribution >= 0.6 is 0 Å². The van der Waals surface area contributed by atoms with Crippen LogP contribution in [0.2, 0.25) is 0 Å². The van der Waals surface area contributed by atoms with E-state index in [0.29, 0.717) is 18.4 Å². The Bertz CT molecular complexity index is 813. The zero-order valence-electron chi connectivity index (χ0n) is 14.1. The van der Waals surface area contributed by atoms with E-state index in [2.05, 4.69) is 15.0 Å². The van der Waals surface area contributed by atoms with Gasteiger partial charge in [-0.25, -0.2) is 8.42 Å². The minimum absolute atomic E-state index is 0.00132. The molecule has 0 radical (unpaired) electrons. The third-order valence-corrected chi connectivity index (χ3v) is 5.87. The number of carboxylic acid groups (broad SMARTS) is 1. The van der Waals surface area contributed by atoms with Gasteiger partial charge in [0.2, 0.25) is 5.91 Å². The van der Waals surface area contributed by atoms with Crippen LogP contribution in [0.5, 0.6) is 0 Å². The molecule has 0 saturated carbocycles. The van der Waals surface area contributed by atoms with Crippen LogP contribution in [0.4, 0.5) is 0 Å². The summed E-state index contributed by atoms with van der Waals surface area (Å²) in [6.07, 6.45) is 0.779. The number of carbonyl (C=O) groups excluding carboxylic acids is 1. The number of sulfonamides is 1. The molecule has 2 rings (SSSR count). The maximum atomic E-state index is 12.0. The van der Waals surface area contributed by atoms with E-state index in [-0.39, 0.29) is 23.8 Å². The van der Waals surface area contributed by atoms with Gasteiger partial charge in [-0.2, -0.15) is 0 Å². The third kappa shape index (κ3) is 3.81. The molecule has 0 fully saturated rings. The molecule has 0 aromatic heterocycles. The highest BCUT2D eigenvalue weighted by Crippen LogP contribution is 2.25. The molecule has 25 heavy (non-hydrogen) atoms. The Kier molecular flexibility index (Phi) is 5.46. The van der Waals surface area contributed by atoms with Crippen molar-refractivity contribution in [2.75, 3.05) is 13.1 Å². The molecule has 1 aliphatic rings. The van der Waals surface area contributed by atoms with Crippen LogP contribution in [0.3, 0.4) is 0 Å². The molecule has 136 valence electrons. The first-order chi connectivity index (χ1) is 11.8. The summed E-state index contributed by atoms with van der Waals surface area (Å²) in [6.45, 7) is 3.22. The number of aliphatic imine (C=N–C) groups is 1. The highest BCUT2D eigenvalue weighted by atomic mass is 32.2. The summed E-state index contributed by atoms with van der Waals surface area (Å²) in [5, 5.41) is 11.9. The lowest BCUT2D eigenvalue weighted by molar-refractivity contribution is -0.149. The molecule has 1 aliphatic heterocycles. The van der Waals surface area contributed by atoms with Crippen molar-refractivity contribution in [1.29, 1.82) is 0 Å². The molecule has 8 nitrogen and oxygen atoms in total. The number of nitrogens with one attached hydrogen (secondary N) is 2. The molecular weight excluding hydrogens is 346 g/mol. The number of fused-ring (bicyclic) bond motifs is 1. The number of aliphatic carboxylic acids is 1. The number of amides is 1. The Morgan fingerprint density at radius 1 is 1.24 bits per heavy atom. The minimum atomic E-state index is -3.65. The number of hydrogen-bond acceptors (Lipinski definition) is 5. The van der Waals surface area contributed by atoms with Crippen LogP contribution in [0.15, 0.2) is 34.2 Å². The number of amidine groups is 1.